The molecule has 0 saturated heterocycles. The van der Waals surface area contributed by atoms with Gasteiger partial charge >= 0.3 is 0 Å². The van der Waals surface area contributed by atoms with Gasteiger partial charge in [0, 0.05) is 23.9 Å². The molecule has 0 spiro atoms. The molecule has 4 nitrogen and oxygen atoms in total. The van der Waals surface area contributed by atoms with Gasteiger partial charge in [-0.15, -0.1) is 0 Å². The van der Waals surface area contributed by atoms with Crippen molar-refractivity contribution in [3.05, 3.63) is 101 Å². The summed E-state index contributed by atoms with van der Waals surface area (Å²) in [4.78, 5) is 4.45. The Morgan fingerprint density at radius 3 is 2.18 bits per heavy atom. The van der Waals surface area contributed by atoms with Gasteiger partial charge in [-0.05, 0) is 54.3 Å². The van der Waals surface area contributed by atoms with Crippen LogP contribution in [0.2, 0.25) is 0 Å². The molecule has 0 radical (unpaired) electrons. The van der Waals surface area contributed by atoms with Crippen LogP contribution in [0, 0.1) is 6.92 Å². The fraction of sp³-hybridized carbons (Fsp3) is 0.300. The monoisotopic (exact) mass is 457 g/mol. The Kier molecular flexibility index (Phi) is 10.9. The fourth-order valence-corrected chi connectivity index (χ4v) is 3.44. The zero-order valence-corrected chi connectivity index (χ0v) is 21.3. The number of aryl methyl sites for hydroxylation is 1. The van der Waals surface area contributed by atoms with Crippen molar-refractivity contribution >= 4 is 17.2 Å². The van der Waals surface area contributed by atoms with Crippen LogP contribution in [0.4, 0.5) is 5.69 Å². The van der Waals surface area contributed by atoms with E-state index in [0.717, 1.165) is 28.1 Å². The first-order valence-corrected chi connectivity index (χ1v) is 12.0. The molecule has 4 heteroatoms. The van der Waals surface area contributed by atoms with E-state index in [2.05, 4.69) is 42.9 Å². The minimum Gasteiger partial charge on any atom is -0.497 e. The Balaban J connectivity index is 0.000000238. The number of unbranched alkanes of at least 4 members (excludes halogenated alkanes) is 2. The number of aliphatic imine (C=N–C) groups is 1. The van der Waals surface area contributed by atoms with Crippen molar-refractivity contribution in [1.82, 2.24) is 0 Å². The second-order valence-corrected chi connectivity index (χ2v) is 8.22. The molecule has 4 rings (SSSR count). The minimum absolute atomic E-state index is 0.461. The largest absolute Gasteiger partial charge is 0.497 e. The molecule has 34 heavy (non-hydrogen) atoms. The third kappa shape index (κ3) is 8.11. The molecule has 0 unspecified atom stereocenters. The summed E-state index contributed by atoms with van der Waals surface area (Å²) in [6.45, 7) is 10.5. The van der Waals surface area contributed by atoms with Gasteiger partial charge in [-0.2, -0.15) is 0 Å². The molecule has 3 N–H and O–H groups in total. The lowest BCUT2D eigenvalue weighted by atomic mass is 10.1. The summed E-state index contributed by atoms with van der Waals surface area (Å²) < 4.78 is 5.03. The lowest BCUT2D eigenvalue weighted by molar-refractivity contribution is 0.415. The van der Waals surface area contributed by atoms with Gasteiger partial charge in [0.05, 0.1) is 12.8 Å². The van der Waals surface area contributed by atoms with Gasteiger partial charge in [-0.1, -0.05) is 82.2 Å². The van der Waals surface area contributed by atoms with Crippen molar-refractivity contribution in [3.8, 4) is 5.75 Å². The van der Waals surface area contributed by atoms with E-state index in [1.165, 1.54) is 36.8 Å². The molecule has 3 aromatic rings. The number of hydrogen-bond acceptors (Lipinski definition) is 3. The van der Waals surface area contributed by atoms with Crippen LogP contribution in [0.25, 0.3) is 5.70 Å². The van der Waals surface area contributed by atoms with Gasteiger partial charge in [0.1, 0.15) is 11.6 Å². The van der Waals surface area contributed by atoms with Crippen LogP contribution in [0.3, 0.4) is 0 Å². The molecule has 0 aromatic heterocycles. The van der Waals surface area contributed by atoms with Crippen LogP contribution in [-0.2, 0) is 6.42 Å². The molecule has 1 aliphatic rings. The normalized spacial score (nSPS) is 11.1. The van der Waals surface area contributed by atoms with E-state index >= 15 is 0 Å². The van der Waals surface area contributed by atoms with Gasteiger partial charge in [0.15, 0.2) is 0 Å². The number of anilines is 1. The van der Waals surface area contributed by atoms with Gasteiger partial charge in [0.25, 0.3) is 0 Å². The molecule has 0 fully saturated rings. The standard InChI is InChI=1S/C17H19N3.C8H8O.C5H12/c1-12-8-4-5-9-14(12)13(2)20-17(18)15-10-6-7-11-16(15)19-3;1-9-8-3-2-6-4-7(6)5-8;1-3-5-4-2/h4-11,19H,2H2,1,3H3,(H2,18,20);2-3,5H,4H2,1H3;3-5H2,1-2H3. The predicted octanol–water partition coefficient (Wildman–Crippen LogP) is 7.21. The zero-order chi connectivity index (χ0) is 24.9. The number of benzene rings is 3. The molecule has 1 aliphatic carbocycles. The van der Waals surface area contributed by atoms with Crippen LogP contribution < -0.4 is 15.8 Å². The van der Waals surface area contributed by atoms with Crippen LogP contribution in [0.1, 0.15) is 60.9 Å². The topological polar surface area (TPSA) is 59.6 Å². The molecule has 0 aliphatic heterocycles. The summed E-state index contributed by atoms with van der Waals surface area (Å²) in [5.74, 6) is 1.44. The maximum Gasteiger partial charge on any atom is 0.133 e. The Morgan fingerprint density at radius 1 is 0.971 bits per heavy atom. The van der Waals surface area contributed by atoms with Gasteiger partial charge in [-0.3, -0.25) is 0 Å². The number of nitrogens with one attached hydrogen (secondary N) is 1. The first kappa shape index (κ1) is 26.7. The summed E-state index contributed by atoms with van der Waals surface area (Å²) in [5, 5.41) is 3.11. The molecule has 180 valence electrons. The van der Waals surface area contributed by atoms with Crippen LogP contribution in [-0.4, -0.2) is 20.0 Å². The van der Waals surface area contributed by atoms with Crippen LogP contribution in [0.15, 0.2) is 78.3 Å². The highest BCUT2D eigenvalue weighted by molar-refractivity contribution is 6.04. The van der Waals surface area contributed by atoms with Crippen molar-refractivity contribution in [2.75, 3.05) is 19.5 Å². The van der Waals surface area contributed by atoms with Crippen molar-refractivity contribution in [2.24, 2.45) is 10.7 Å². The van der Waals surface area contributed by atoms with Crippen molar-refractivity contribution < 1.29 is 4.74 Å². The molecule has 0 atom stereocenters. The Labute approximate surface area is 205 Å². The number of hydrogen-bond donors (Lipinski definition) is 2. The second-order valence-electron chi connectivity index (χ2n) is 8.22. The molecule has 0 saturated carbocycles. The zero-order valence-electron chi connectivity index (χ0n) is 21.3. The van der Waals surface area contributed by atoms with E-state index in [9.17, 15) is 0 Å². The Hall–Kier alpha value is -3.53. The van der Waals surface area contributed by atoms with Crippen LogP contribution >= 0.6 is 0 Å². The lowest BCUT2D eigenvalue weighted by Gasteiger charge is -2.10. The third-order valence-electron chi connectivity index (χ3n) is 5.56. The molecule has 0 amide bonds. The van der Waals surface area contributed by atoms with E-state index in [4.69, 9.17) is 10.5 Å². The second kappa shape index (κ2) is 13.9. The number of methoxy groups -OCH3 is 1. The molecule has 3 aromatic carbocycles. The first-order valence-electron chi connectivity index (χ1n) is 12.0. The summed E-state index contributed by atoms with van der Waals surface area (Å²) in [6, 6.07) is 22.0. The summed E-state index contributed by atoms with van der Waals surface area (Å²) >= 11 is 0. The molecular weight excluding hydrogens is 418 g/mol. The lowest BCUT2D eigenvalue weighted by Crippen LogP contribution is -2.15. The highest BCUT2D eigenvalue weighted by atomic mass is 16.5. The average molecular weight is 458 g/mol. The summed E-state index contributed by atoms with van der Waals surface area (Å²) in [7, 11) is 3.56. The number of nitrogens with two attached hydrogens (primary N) is 1. The SMILES string of the molecule is C=C(N=C(N)c1ccccc1NC)c1ccccc1C.CCCCC.COc1ccc2c(c1)C2. The smallest absolute Gasteiger partial charge is 0.133 e. The van der Waals surface area contributed by atoms with E-state index < -0.39 is 0 Å². The van der Waals surface area contributed by atoms with E-state index in [1.807, 2.05) is 68.6 Å². The Morgan fingerprint density at radius 2 is 1.62 bits per heavy atom. The van der Waals surface area contributed by atoms with Gasteiger partial charge in [-0.25, -0.2) is 4.99 Å². The maximum atomic E-state index is 6.11. The van der Waals surface area contributed by atoms with E-state index in [0.29, 0.717) is 11.5 Å². The number of rotatable bonds is 7. The van der Waals surface area contributed by atoms with Gasteiger partial charge in [0.2, 0.25) is 0 Å². The van der Waals surface area contributed by atoms with Crippen molar-refractivity contribution in [3.63, 3.8) is 0 Å². The fourth-order valence-electron chi connectivity index (χ4n) is 3.44. The number of nitrogens with zero attached hydrogens (tertiary/aromatic N) is 1. The quantitative estimate of drug-likeness (QED) is 0.228. The minimum atomic E-state index is 0.461. The van der Waals surface area contributed by atoms with Crippen molar-refractivity contribution in [2.45, 2.75) is 46.5 Å². The number of ether oxygens (including phenoxy) is 1. The molecule has 0 bridgehead atoms. The maximum absolute atomic E-state index is 6.11. The number of para-hydroxylation sites is 1. The van der Waals surface area contributed by atoms with Crippen molar-refractivity contribution in [1.29, 1.82) is 0 Å². The van der Waals surface area contributed by atoms with Crippen LogP contribution in [0.5, 0.6) is 5.75 Å². The summed E-state index contributed by atoms with van der Waals surface area (Å²) in [6.07, 6.45) is 5.25. The first-order chi connectivity index (χ1) is 16.4. The van der Waals surface area contributed by atoms with Gasteiger partial charge < -0.3 is 15.8 Å². The Bertz CT molecular complexity index is 1100. The number of amidine groups is 1. The number of fused-ring (bicyclic) bond motifs is 1. The van der Waals surface area contributed by atoms with E-state index in [1.54, 1.807) is 7.11 Å². The summed E-state index contributed by atoms with van der Waals surface area (Å²) in [5.41, 5.74) is 13.7. The highest BCUT2D eigenvalue weighted by Crippen LogP contribution is 2.30. The average Bonchev–Trinajstić information content (AvgIpc) is 3.64. The third-order valence-corrected chi connectivity index (χ3v) is 5.56. The highest BCUT2D eigenvalue weighted by Gasteiger charge is 2.15. The molecule has 0 heterocycles. The predicted molar refractivity (Wildman–Crippen MR) is 148 cm³/mol. The van der Waals surface area contributed by atoms with E-state index in [-0.39, 0.29) is 0 Å². The molecular formula is C30H39N3O.